The summed E-state index contributed by atoms with van der Waals surface area (Å²) < 4.78 is 4.68. The first-order valence-corrected chi connectivity index (χ1v) is 5.55. The minimum atomic E-state index is -1.35. The number of ether oxygens (including phenoxy) is 1. The van der Waals surface area contributed by atoms with Crippen molar-refractivity contribution < 1.29 is 19.4 Å². The second-order valence-electron chi connectivity index (χ2n) is 5.73. The number of hydrogen-bond donors (Lipinski definition) is 1. The van der Waals surface area contributed by atoms with Gasteiger partial charge >= 0.3 is 11.9 Å². The van der Waals surface area contributed by atoms with E-state index in [4.69, 9.17) is 0 Å². The summed E-state index contributed by atoms with van der Waals surface area (Å²) in [5.41, 5.74) is -1.49. The number of hydrogen-bond acceptors (Lipinski definition) is 3. The van der Waals surface area contributed by atoms with Gasteiger partial charge in [0.2, 0.25) is 0 Å². The quantitative estimate of drug-likeness (QED) is 0.580. The highest BCUT2D eigenvalue weighted by Crippen LogP contribution is 2.49. The van der Waals surface area contributed by atoms with E-state index in [0.29, 0.717) is 12.8 Å². The van der Waals surface area contributed by atoms with E-state index >= 15 is 0 Å². The van der Waals surface area contributed by atoms with Crippen molar-refractivity contribution in [3.8, 4) is 0 Å². The molecule has 4 heteroatoms. The molecule has 1 rings (SSSR count). The predicted octanol–water partition coefficient (Wildman–Crippen LogP) is 2.08. The SMILES string of the molecule is COC(=O)C1(C(=O)O)CC(C)CC(C)(C)C1. The van der Waals surface area contributed by atoms with Gasteiger partial charge in [-0.2, -0.15) is 0 Å². The molecule has 0 heterocycles. The Morgan fingerprint density at radius 3 is 2.25 bits per heavy atom. The maximum absolute atomic E-state index is 11.8. The third-order valence-electron chi connectivity index (χ3n) is 3.36. The molecular formula is C12H20O4. The molecule has 0 bridgehead atoms. The number of carbonyl (C=O) groups excluding carboxylic acids is 1. The highest BCUT2D eigenvalue weighted by Gasteiger charge is 2.54. The maximum atomic E-state index is 11.8. The number of carboxylic acids is 1. The summed E-state index contributed by atoms with van der Waals surface area (Å²) in [5, 5.41) is 9.34. The summed E-state index contributed by atoms with van der Waals surface area (Å²) >= 11 is 0. The molecule has 2 unspecified atom stereocenters. The average Bonchev–Trinajstić information content (AvgIpc) is 2.12. The summed E-state index contributed by atoms with van der Waals surface area (Å²) in [6.45, 7) is 5.99. The van der Waals surface area contributed by atoms with Gasteiger partial charge in [0.05, 0.1) is 7.11 Å². The number of methoxy groups -OCH3 is 1. The van der Waals surface area contributed by atoms with Gasteiger partial charge in [-0.15, -0.1) is 0 Å². The van der Waals surface area contributed by atoms with Crippen molar-refractivity contribution >= 4 is 11.9 Å². The summed E-state index contributed by atoms with van der Waals surface area (Å²) in [6.07, 6.45) is 1.67. The molecule has 1 aliphatic rings. The van der Waals surface area contributed by atoms with Crippen LogP contribution in [0.5, 0.6) is 0 Å². The molecule has 1 aliphatic carbocycles. The largest absolute Gasteiger partial charge is 0.480 e. The third kappa shape index (κ3) is 2.20. The molecule has 0 aromatic heterocycles. The zero-order valence-electron chi connectivity index (χ0n) is 10.4. The van der Waals surface area contributed by atoms with E-state index < -0.39 is 17.4 Å². The minimum Gasteiger partial charge on any atom is -0.480 e. The van der Waals surface area contributed by atoms with E-state index in [-0.39, 0.29) is 11.3 Å². The molecule has 0 amide bonds. The Bertz CT molecular complexity index is 308. The van der Waals surface area contributed by atoms with Crippen molar-refractivity contribution in [3.63, 3.8) is 0 Å². The van der Waals surface area contributed by atoms with Crippen molar-refractivity contribution in [3.05, 3.63) is 0 Å². The minimum absolute atomic E-state index is 0.135. The van der Waals surface area contributed by atoms with Crippen molar-refractivity contribution in [1.82, 2.24) is 0 Å². The topological polar surface area (TPSA) is 63.6 Å². The van der Waals surface area contributed by atoms with Crippen LogP contribution in [0.25, 0.3) is 0 Å². The van der Waals surface area contributed by atoms with Crippen LogP contribution >= 0.6 is 0 Å². The predicted molar refractivity (Wildman–Crippen MR) is 58.9 cm³/mol. The van der Waals surface area contributed by atoms with Crippen LogP contribution in [-0.2, 0) is 14.3 Å². The van der Waals surface area contributed by atoms with Crippen molar-refractivity contribution in [1.29, 1.82) is 0 Å². The normalized spacial score (nSPS) is 33.1. The molecule has 16 heavy (non-hydrogen) atoms. The maximum Gasteiger partial charge on any atom is 0.323 e. The lowest BCUT2D eigenvalue weighted by Crippen LogP contribution is -2.48. The Kier molecular flexibility index (Phi) is 3.31. The number of rotatable bonds is 2. The molecule has 1 fully saturated rings. The lowest BCUT2D eigenvalue weighted by molar-refractivity contribution is -0.174. The van der Waals surface area contributed by atoms with Crippen LogP contribution in [0.15, 0.2) is 0 Å². The van der Waals surface area contributed by atoms with Gasteiger partial charge in [0.1, 0.15) is 0 Å². The van der Waals surface area contributed by atoms with E-state index in [9.17, 15) is 14.7 Å². The molecule has 1 saturated carbocycles. The summed E-state index contributed by atoms with van der Waals surface area (Å²) in [7, 11) is 1.25. The Hall–Kier alpha value is -1.06. The first-order chi connectivity index (χ1) is 7.23. The summed E-state index contributed by atoms with van der Waals surface area (Å²) in [5.74, 6) is -1.45. The van der Waals surface area contributed by atoms with Crippen LogP contribution in [0.4, 0.5) is 0 Å². The standard InChI is InChI=1S/C12H20O4/c1-8-5-11(2,3)7-12(6-8,9(13)14)10(15)16-4/h8H,5-7H2,1-4H3,(H,13,14). The number of esters is 1. The van der Waals surface area contributed by atoms with Crippen LogP contribution in [0.2, 0.25) is 0 Å². The van der Waals surface area contributed by atoms with Gasteiger partial charge in [-0.05, 0) is 30.6 Å². The molecule has 0 aromatic rings. The monoisotopic (exact) mass is 228 g/mol. The Labute approximate surface area is 96.0 Å². The second kappa shape index (κ2) is 4.07. The van der Waals surface area contributed by atoms with Crippen LogP contribution in [0.3, 0.4) is 0 Å². The molecule has 92 valence electrons. The van der Waals surface area contributed by atoms with Crippen molar-refractivity contribution in [2.75, 3.05) is 7.11 Å². The lowest BCUT2D eigenvalue weighted by atomic mass is 9.60. The van der Waals surface area contributed by atoms with Gasteiger partial charge in [0.25, 0.3) is 0 Å². The molecule has 2 atom stereocenters. The zero-order chi connectivity index (χ0) is 12.6. The van der Waals surface area contributed by atoms with E-state index in [1.54, 1.807) is 0 Å². The zero-order valence-corrected chi connectivity index (χ0v) is 10.4. The molecule has 0 aromatic carbocycles. The molecule has 4 nitrogen and oxygen atoms in total. The van der Waals surface area contributed by atoms with Gasteiger partial charge in [0.15, 0.2) is 5.41 Å². The smallest absolute Gasteiger partial charge is 0.323 e. The molecule has 1 N–H and O–H groups in total. The lowest BCUT2D eigenvalue weighted by Gasteiger charge is -2.43. The Balaban J connectivity index is 3.10. The van der Waals surface area contributed by atoms with Gasteiger partial charge < -0.3 is 9.84 Å². The van der Waals surface area contributed by atoms with Crippen molar-refractivity contribution in [2.45, 2.75) is 40.0 Å². The summed E-state index contributed by atoms with van der Waals surface area (Å²) in [6, 6.07) is 0. The highest BCUT2D eigenvalue weighted by atomic mass is 16.5. The van der Waals surface area contributed by atoms with Crippen molar-refractivity contribution in [2.24, 2.45) is 16.7 Å². The van der Waals surface area contributed by atoms with Gasteiger partial charge in [-0.25, -0.2) is 0 Å². The molecular weight excluding hydrogens is 208 g/mol. The molecule has 0 aliphatic heterocycles. The van der Waals surface area contributed by atoms with E-state index in [2.05, 4.69) is 4.74 Å². The molecule has 0 saturated heterocycles. The highest BCUT2D eigenvalue weighted by molar-refractivity contribution is 5.99. The van der Waals surface area contributed by atoms with Gasteiger partial charge in [-0.3, -0.25) is 9.59 Å². The average molecular weight is 228 g/mol. The number of carboxylic acid groups (broad SMARTS) is 1. The van der Waals surface area contributed by atoms with Gasteiger partial charge in [-0.1, -0.05) is 20.8 Å². The van der Waals surface area contributed by atoms with Crippen LogP contribution in [-0.4, -0.2) is 24.2 Å². The Morgan fingerprint density at radius 2 is 1.88 bits per heavy atom. The fourth-order valence-corrected chi connectivity index (χ4v) is 3.17. The van der Waals surface area contributed by atoms with E-state index in [0.717, 1.165) is 6.42 Å². The second-order valence-corrected chi connectivity index (χ2v) is 5.73. The fraction of sp³-hybridized carbons (Fsp3) is 0.833. The van der Waals surface area contributed by atoms with Crippen LogP contribution in [0.1, 0.15) is 40.0 Å². The van der Waals surface area contributed by atoms with E-state index in [1.807, 2.05) is 20.8 Å². The Morgan fingerprint density at radius 1 is 1.31 bits per heavy atom. The first kappa shape index (κ1) is 13.0. The molecule has 0 radical (unpaired) electrons. The number of carbonyl (C=O) groups is 2. The first-order valence-electron chi connectivity index (χ1n) is 5.55. The van der Waals surface area contributed by atoms with E-state index in [1.165, 1.54) is 7.11 Å². The number of aliphatic carboxylic acids is 1. The van der Waals surface area contributed by atoms with Crippen LogP contribution < -0.4 is 0 Å². The van der Waals surface area contributed by atoms with Gasteiger partial charge in [0, 0.05) is 0 Å². The summed E-state index contributed by atoms with van der Waals surface area (Å²) in [4.78, 5) is 23.2. The van der Waals surface area contributed by atoms with Crippen LogP contribution in [0, 0.1) is 16.7 Å². The molecule has 0 spiro atoms. The fourth-order valence-electron chi connectivity index (χ4n) is 3.17. The third-order valence-corrected chi connectivity index (χ3v) is 3.36.